The molecule has 0 saturated heterocycles. The summed E-state index contributed by atoms with van der Waals surface area (Å²) in [6.07, 6.45) is -5.79. The molecule has 0 heterocycles. The number of carbonyl (C=O) groups is 4. The van der Waals surface area contributed by atoms with Gasteiger partial charge in [-0.15, -0.1) is 0 Å². The van der Waals surface area contributed by atoms with E-state index in [4.69, 9.17) is 4.74 Å². The molecule has 0 aliphatic rings. The molecule has 3 amide bonds. The molecule has 0 saturated carbocycles. The van der Waals surface area contributed by atoms with Crippen LogP contribution in [0.25, 0.3) is 0 Å². The number of carboxylic acid groups (broad SMARTS) is 1. The van der Waals surface area contributed by atoms with Crippen molar-refractivity contribution in [3.05, 3.63) is 64.2 Å². The summed E-state index contributed by atoms with van der Waals surface area (Å²) in [5.41, 5.74) is 0.129. The highest BCUT2D eigenvalue weighted by molar-refractivity contribution is 6.04. The number of aryl methyl sites for hydroxylation is 2. The molecule has 10 nitrogen and oxygen atoms in total. The van der Waals surface area contributed by atoms with Gasteiger partial charge in [0.05, 0.1) is 23.4 Å². The first-order chi connectivity index (χ1) is 18.5. The van der Waals surface area contributed by atoms with Gasteiger partial charge >= 0.3 is 18.2 Å². The van der Waals surface area contributed by atoms with Gasteiger partial charge in [-0.05, 0) is 63.9 Å². The number of ether oxygens (including phenoxy) is 1. The number of benzene rings is 2. The molecular weight excluding hydrogens is 533 g/mol. The number of hydrogen-bond donors (Lipinski definition) is 5. The maximum atomic E-state index is 13.3. The number of alkyl halides is 3. The van der Waals surface area contributed by atoms with E-state index in [1.807, 2.05) is 32.0 Å². The lowest BCUT2D eigenvalue weighted by Gasteiger charge is -2.21. The highest BCUT2D eigenvalue weighted by Crippen LogP contribution is 2.32. The summed E-state index contributed by atoms with van der Waals surface area (Å²) in [4.78, 5) is 48.9. The third kappa shape index (κ3) is 10.2. The van der Waals surface area contributed by atoms with Crippen LogP contribution in [0.1, 0.15) is 53.4 Å². The SMILES string of the molecule is Cc1ccc(CNC[C@H](NC(=O)CNC(=O)c2cc(C(F)(F)F)ccc2NC(=O)OC(C)(C)C)C(=O)O)c(C)c1. The third-order valence-corrected chi connectivity index (χ3v) is 5.43. The van der Waals surface area contributed by atoms with Crippen LogP contribution >= 0.6 is 0 Å². The Morgan fingerprint density at radius 2 is 1.68 bits per heavy atom. The fourth-order valence-electron chi connectivity index (χ4n) is 3.53. The Hall–Kier alpha value is -4.13. The first-order valence-electron chi connectivity index (χ1n) is 12.2. The summed E-state index contributed by atoms with van der Waals surface area (Å²) >= 11 is 0. The van der Waals surface area contributed by atoms with Crippen molar-refractivity contribution < 1.29 is 42.2 Å². The molecule has 0 aliphatic heterocycles. The van der Waals surface area contributed by atoms with Crippen molar-refractivity contribution in [2.75, 3.05) is 18.4 Å². The predicted octanol–water partition coefficient (Wildman–Crippen LogP) is 3.76. The summed E-state index contributed by atoms with van der Waals surface area (Å²) in [5.74, 6) is -3.32. The molecular formula is C27H33F3N4O6. The lowest BCUT2D eigenvalue weighted by atomic mass is 10.1. The molecule has 1 atom stereocenters. The van der Waals surface area contributed by atoms with Gasteiger partial charge in [0.15, 0.2) is 0 Å². The monoisotopic (exact) mass is 566 g/mol. The normalized spacial score (nSPS) is 12.3. The Kier molecular flexibility index (Phi) is 10.7. The third-order valence-electron chi connectivity index (χ3n) is 5.43. The Bertz CT molecular complexity index is 1260. The van der Waals surface area contributed by atoms with E-state index < -0.39 is 59.4 Å². The Morgan fingerprint density at radius 1 is 1.00 bits per heavy atom. The number of aliphatic carboxylic acids is 1. The van der Waals surface area contributed by atoms with E-state index in [9.17, 15) is 37.5 Å². The zero-order valence-corrected chi connectivity index (χ0v) is 22.8. The van der Waals surface area contributed by atoms with Gasteiger partial charge in [0.2, 0.25) is 5.91 Å². The van der Waals surface area contributed by atoms with E-state index in [-0.39, 0.29) is 12.2 Å². The predicted molar refractivity (Wildman–Crippen MR) is 141 cm³/mol. The lowest BCUT2D eigenvalue weighted by molar-refractivity contribution is -0.141. The molecule has 0 radical (unpaired) electrons. The second-order valence-electron chi connectivity index (χ2n) is 10.1. The average Bonchev–Trinajstić information content (AvgIpc) is 2.81. The minimum Gasteiger partial charge on any atom is -0.480 e. The molecule has 0 spiro atoms. The van der Waals surface area contributed by atoms with Crippen molar-refractivity contribution in [2.45, 2.75) is 59.0 Å². The van der Waals surface area contributed by atoms with Crippen molar-refractivity contribution >= 4 is 29.6 Å². The molecule has 0 aromatic heterocycles. The first kappa shape index (κ1) is 32.1. The zero-order chi connectivity index (χ0) is 30.3. The largest absolute Gasteiger partial charge is 0.480 e. The van der Waals surface area contributed by atoms with Crippen LogP contribution in [0.15, 0.2) is 36.4 Å². The molecule has 5 N–H and O–H groups in total. The van der Waals surface area contributed by atoms with Gasteiger partial charge < -0.3 is 25.8 Å². The van der Waals surface area contributed by atoms with Crippen molar-refractivity contribution in [3.63, 3.8) is 0 Å². The van der Waals surface area contributed by atoms with Crippen LogP contribution < -0.4 is 21.3 Å². The summed E-state index contributed by atoms with van der Waals surface area (Å²) in [6.45, 7) is 8.10. The van der Waals surface area contributed by atoms with Gasteiger partial charge in [-0.2, -0.15) is 13.2 Å². The van der Waals surface area contributed by atoms with E-state index >= 15 is 0 Å². The van der Waals surface area contributed by atoms with Crippen LogP contribution in [0.4, 0.5) is 23.7 Å². The van der Waals surface area contributed by atoms with Gasteiger partial charge in [-0.25, -0.2) is 9.59 Å². The van der Waals surface area contributed by atoms with Crippen LogP contribution in [-0.2, 0) is 27.0 Å². The molecule has 0 unspecified atom stereocenters. The topological polar surface area (TPSA) is 146 Å². The van der Waals surface area contributed by atoms with Gasteiger partial charge in [0, 0.05) is 13.1 Å². The zero-order valence-electron chi connectivity index (χ0n) is 22.8. The molecule has 13 heteroatoms. The van der Waals surface area contributed by atoms with Crippen LogP contribution in [0.2, 0.25) is 0 Å². The number of halogens is 3. The maximum Gasteiger partial charge on any atom is 0.416 e. The number of carboxylic acids is 1. The van der Waals surface area contributed by atoms with Gasteiger partial charge in [-0.3, -0.25) is 14.9 Å². The van der Waals surface area contributed by atoms with E-state index in [0.29, 0.717) is 18.7 Å². The summed E-state index contributed by atoms with van der Waals surface area (Å²) in [7, 11) is 0. The van der Waals surface area contributed by atoms with E-state index in [1.165, 1.54) is 0 Å². The Labute approximate surface area is 229 Å². The molecule has 2 aromatic carbocycles. The molecule has 0 aliphatic carbocycles. The highest BCUT2D eigenvalue weighted by atomic mass is 19.4. The number of anilines is 1. The molecule has 2 rings (SSSR count). The van der Waals surface area contributed by atoms with Crippen LogP contribution in [0, 0.1) is 13.8 Å². The lowest BCUT2D eigenvalue weighted by Crippen LogP contribution is -2.50. The number of rotatable bonds is 10. The first-order valence-corrected chi connectivity index (χ1v) is 12.2. The van der Waals surface area contributed by atoms with Crippen molar-refractivity contribution in [2.24, 2.45) is 0 Å². The second-order valence-corrected chi connectivity index (χ2v) is 10.1. The molecule has 2 aromatic rings. The quantitative estimate of drug-likeness (QED) is 0.294. The smallest absolute Gasteiger partial charge is 0.416 e. The van der Waals surface area contributed by atoms with E-state index in [2.05, 4.69) is 21.3 Å². The van der Waals surface area contributed by atoms with Crippen LogP contribution in [-0.4, -0.2) is 53.7 Å². The summed E-state index contributed by atoms with van der Waals surface area (Å²) < 4.78 is 44.9. The highest BCUT2D eigenvalue weighted by Gasteiger charge is 2.32. The molecule has 218 valence electrons. The number of carbonyl (C=O) groups excluding carboxylic acids is 3. The fraction of sp³-hybridized carbons (Fsp3) is 0.407. The number of nitrogens with one attached hydrogen (secondary N) is 4. The van der Waals surface area contributed by atoms with Gasteiger partial charge in [0.25, 0.3) is 5.91 Å². The Morgan fingerprint density at radius 3 is 2.25 bits per heavy atom. The second kappa shape index (κ2) is 13.3. The standard InChI is InChI=1S/C27H33F3N4O6/c1-15-6-7-17(16(2)10-15)12-31-13-21(24(37)38)33-22(35)14-32-23(36)19-11-18(27(28,29)30)8-9-20(19)34-25(39)40-26(3,4)5/h6-11,21,31H,12-14H2,1-5H3,(H,32,36)(H,33,35)(H,34,39)(H,37,38)/t21-/m0/s1. The molecule has 0 bridgehead atoms. The van der Waals surface area contributed by atoms with E-state index in [1.54, 1.807) is 20.8 Å². The summed E-state index contributed by atoms with van der Waals surface area (Å²) in [6, 6.07) is 6.56. The number of amides is 3. The fourth-order valence-corrected chi connectivity index (χ4v) is 3.53. The van der Waals surface area contributed by atoms with Crippen LogP contribution in [0.3, 0.4) is 0 Å². The average molecular weight is 567 g/mol. The minimum absolute atomic E-state index is 0.125. The summed E-state index contributed by atoms with van der Waals surface area (Å²) in [5, 5.41) is 19.1. The molecule has 40 heavy (non-hydrogen) atoms. The van der Waals surface area contributed by atoms with E-state index in [0.717, 1.165) is 22.8 Å². The van der Waals surface area contributed by atoms with Crippen LogP contribution in [0.5, 0.6) is 0 Å². The van der Waals surface area contributed by atoms with Gasteiger partial charge in [-0.1, -0.05) is 23.8 Å². The van der Waals surface area contributed by atoms with Crippen molar-refractivity contribution in [3.8, 4) is 0 Å². The maximum absolute atomic E-state index is 13.3. The minimum atomic E-state index is -4.78. The Balaban J connectivity index is 2.05. The van der Waals surface area contributed by atoms with Crippen molar-refractivity contribution in [1.29, 1.82) is 0 Å². The molecule has 0 fully saturated rings. The van der Waals surface area contributed by atoms with Crippen molar-refractivity contribution in [1.82, 2.24) is 16.0 Å². The van der Waals surface area contributed by atoms with Gasteiger partial charge in [0.1, 0.15) is 11.6 Å². The number of hydrogen-bond acceptors (Lipinski definition) is 6.